The number of aliphatic imine (C=N–C) groups is 1. The van der Waals surface area contributed by atoms with Crippen LogP contribution < -0.4 is 9.64 Å². The molecule has 0 fully saturated rings. The first-order valence-electron chi connectivity index (χ1n) is 6.62. The highest BCUT2D eigenvalue weighted by Crippen LogP contribution is 2.19. The fourth-order valence-corrected chi connectivity index (χ4v) is 1.82. The number of amides is 1. The minimum absolute atomic E-state index is 0.00244. The zero-order chi connectivity index (χ0) is 15.2. The number of carbonyl (C=O) groups is 1. The van der Waals surface area contributed by atoms with Crippen molar-refractivity contribution in [3.05, 3.63) is 54.1 Å². The number of benzene rings is 2. The van der Waals surface area contributed by atoms with Crippen molar-refractivity contribution < 1.29 is 9.53 Å². The Morgan fingerprint density at radius 2 is 1.90 bits per heavy atom. The van der Waals surface area contributed by atoms with Gasteiger partial charge in [0.1, 0.15) is 5.75 Å². The molecule has 2 aromatic rings. The number of methoxy groups -OCH3 is 1. The monoisotopic (exact) mass is 282 g/mol. The summed E-state index contributed by atoms with van der Waals surface area (Å²) < 4.78 is 5.17. The van der Waals surface area contributed by atoms with Gasteiger partial charge >= 0.3 is 0 Å². The van der Waals surface area contributed by atoms with Crippen LogP contribution in [0.3, 0.4) is 0 Å². The van der Waals surface area contributed by atoms with Gasteiger partial charge in [-0.05, 0) is 42.0 Å². The Balaban J connectivity index is 2.12. The fourth-order valence-electron chi connectivity index (χ4n) is 1.82. The molecule has 4 heteroatoms. The second kappa shape index (κ2) is 6.70. The van der Waals surface area contributed by atoms with Crippen LogP contribution in [0, 0.1) is 0 Å². The lowest BCUT2D eigenvalue weighted by molar-refractivity contribution is -0.116. The van der Waals surface area contributed by atoms with Gasteiger partial charge in [0.05, 0.1) is 12.8 Å². The number of hydrogen-bond donors (Lipinski definition) is 0. The van der Waals surface area contributed by atoms with Crippen LogP contribution in [0.2, 0.25) is 0 Å². The minimum atomic E-state index is 0.00244. The van der Waals surface area contributed by atoms with Crippen molar-refractivity contribution >= 4 is 23.5 Å². The maximum absolute atomic E-state index is 11.3. The van der Waals surface area contributed by atoms with Gasteiger partial charge in [-0.1, -0.05) is 12.1 Å². The SMILES string of the molecule is COc1cccc(C=Nc2ccc(N(C)C(C)=O)cc2)c1. The summed E-state index contributed by atoms with van der Waals surface area (Å²) >= 11 is 0. The van der Waals surface area contributed by atoms with Crippen LogP contribution in [0.15, 0.2) is 53.5 Å². The lowest BCUT2D eigenvalue weighted by atomic mass is 10.2. The van der Waals surface area contributed by atoms with E-state index in [9.17, 15) is 4.79 Å². The number of ether oxygens (including phenoxy) is 1. The van der Waals surface area contributed by atoms with Crippen molar-refractivity contribution in [1.82, 2.24) is 0 Å². The first-order chi connectivity index (χ1) is 10.1. The van der Waals surface area contributed by atoms with Gasteiger partial charge in [0, 0.05) is 25.9 Å². The van der Waals surface area contributed by atoms with E-state index in [1.165, 1.54) is 6.92 Å². The van der Waals surface area contributed by atoms with Crippen molar-refractivity contribution in [2.75, 3.05) is 19.1 Å². The second-order valence-corrected chi connectivity index (χ2v) is 4.63. The van der Waals surface area contributed by atoms with E-state index in [0.29, 0.717) is 0 Å². The number of anilines is 1. The first-order valence-corrected chi connectivity index (χ1v) is 6.62. The molecule has 108 valence electrons. The van der Waals surface area contributed by atoms with Gasteiger partial charge in [0.2, 0.25) is 5.91 Å². The molecule has 1 amide bonds. The number of hydrogen-bond acceptors (Lipinski definition) is 3. The van der Waals surface area contributed by atoms with Gasteiger partial charge < -0.3 is 9.64 Å². The molecule has 0 saturated heterocycles. The predicted molar refractivity (Wildman–Crippen MR) is 85.8 cm³/mol. The molecule has 21 heavy (non-hydrogen) atoms. The van der Waals surface area contributed by atoms with Crippen molar-refractivity contribution in [2.45, 2.75) is 6.92 Å². The van der Waals surface area contributed by atoms with Crippen molar-refractivity contribution in [3.63, 3.8) is 0 Å². The van der Waals surface area contributed by atoms with Gasteiger partial charge in [-0.3, -0.25) is 9.79 Å². The Morgan fingerprint density at radius 3 is 2.52 bits per heavy atom. The van der Waals surface area contributed by atoms with Gasteiger partial charge in [0.25, 0.3) is 0 Å². The van der Waals surface area contributed by atoms with Gasteiger partial charge in [0.15, 0.2) is 0 Å². The molecule has 0 heterocycles. The van der Waals surface area contributed by atoms with Crippen LogP contribution in [0.1, 0.15) is 12.5 Å². The van der Waals surface area contributed by atoms with E-state index >= 15 is 0 Å². The highest BCUT2D eigenvalue weighted by Gasteiger charge is 2.04. The maximum Gasteiger partial charge on any atom is 0.223 e. The van der Waals surface area contributed by atoms with E-state index in [2.05, 4.69) is 4.99 Å². The van der Waals surface area contributed by atoms with Crippen LogP contribution in [0.4, 0.5) is 11.4 Å². The summed E-state index contributed by atoms with van der Waals surface area (Å²) in [5.41, 5.74) is 2.65. The van der Waals surface area contributed by atoms with Crippen LogP contribution in [0.5, 0.6) is 5.75 Å². The Bertz CT molecular complexity index is 648. The second-order valence-electron chi connectivity index (χ2n) is 4.63. The highest BCUT2D eigenvalue weighted by molar-refractivity contribution is 5.91. The molecular formula is C17H18N2O2. The smallest absolute Gasteiger partial charge is 0.223 e. The third-order valence-electron chi connectivity index (χ3n) is 3.17. The van der Waals surface area contributed by atoms with Crippen molar-refractivity contribution in [1.29, 1.82) is 0 Å². The number of rotatable bonds is 4. The van der Waals surface area contributed by atoms with E-state index in [-0.39, 0.29) is 5.91 Å². The molecule has 0 aromatic heterocycles. The molecule has 0 saturated carbocycles. The summed E-state index contributed by atoms with van der Waals surface area (Å²) in [6.45, 7) is 1.54. The third kappa shape index (κ3) is 3.92. The first kappa shape index (κ1) is 14.8. The van der Waals surface area contributed by atoms with Gasteiger partial charge in [-0.25, -0.2) is 0 Å². The molecule has 0 unspecified atom stereocenters. The van der Waals surface area contributed by atoms with Crippen LogP contribution >= 0.6 is 0 Å². The maximum atomic E-state index is 11.3. The van der Waals surface area contributed by atoms with E-state index in [0.717, 1.165) is 22.7 Å². The molecule has 0 aliphatic heterocycles. The van der Waals surface area contributed by atoms with E-state index in [1.807, 2.05) is 48.5 Å². The molecular weight excluding hydrogens is 264 g/mol. The van der Waals surface area contributed by atoms with E-state index in [4.69, 9.17) is 4.74 Å². The topological polar surface area (TPSA) is 41.9 Å². The Hall–Kier alpha value is -2.62. The van der Waals surface area contributed by atoms with E-state index < -0.39 is 0 Å². The average Bonchev–Trinajstić information content (AvgIpc) is 2.53. The summed E-state index contributed by atoms with van der Waals surface area (Å²) in [5.74, 6) is 0.806. The van der Waals surface area contributed by atoms with Crippen molar-refractivity contribution in [3.8, 4) is 5.75 Å². The largest absolute Gasteiger partial charge is 0.497 e. The highest BCUT2D eigenvalue weighted by atomic mass is 16.5. The van der Waals surface area contributed by atoms with Crippen LogP contribution in [-0.4, -0.2) is 26.3 Å². The lowest BCUT2D eigenvalue weighted by Crippen LogP contribution is -2.22. The van der Waals surface area contributed by atoms with Gasteiger partial charge in [-0.2, -0.15) is 0 Å². The molecule has 0 radical (unpaired) electrons. The molecule has 0 N–H and O–H groups in total. The van der Waals surface area contributed by atoms with Crippen LogP contribution in [-0.2, 0) is 4.79 Å². The summed E-state index contributed by atoms with van der Waals surface area (Å²) in [5, 5.41) is 0. The average molecular weight is 282 g/mol. The summed E-state index contributed by atoms with van der Waals surface area (Å²) in [7, 11) is 3.39. The third-order valence-corrected chi connectivity index (χ3v) is 3.17. The zero-order valence-electron chi connectivity index (χ0n) is 12.4. The Labute approximate surface area is 124 Å². The quantitative estimate of drug-likeness (QED) is 0.806. The van der Waals surface area contributed by atoms with Gasteiger partial charge in [-0.15, -0.1) is 0 Å². The molecule has 0 atom stereocenters. The van der Waals surface area contributed by atoms with E-state index in [1.54, 1.807) is 25.3 Å². The summed E-state index contributed by atoms with van der Waals surface area (Å²) in [6.07, 6.45) is 1.78. The molecule has 2 aromatic carbocycles. The molecule has 0 spiro atoms. The molecule has 0 bridgehead atoms. The van der Waals surface area contributed by atoms with Crippen molar-refractivity contribution in [2.24, 2.45) is 4.99 Å². The molecule has 2 rings (SSSR count). The Morgan fingerprint density at radius 1 is 1.19 bits per heavy atom. The standard InChI is InChI=1S/C17H18N2O2/c1-13(20)19(2)16-9-7-15(8-10-16)18-12-14-5-4-6-17(11-14)21-3/h4-12H,1-3H3. The normalized spacial score (nSPS) is 10.6. The molecule has 0 aliphatic carbocycles. The molecule has 4 nitrogen and oxygen atoms in total. The minimum Gasteiger partial charge on any atom is -0.497 e. The predicted octanol–water partition coefficient (Wildman–Crippen LogP) is 3.43. The summed E-state index contributed by atoms with van der Waals surface area (Å²) in [6, 6.07) is 15.2. The number of carbonyl (C=O) groups excluding carboxylic acids is 1. The fraction of sp³-hybridized carbons (Fsp3) is 0.176. The van der Waals surface area contributed by atoms with Crippen LogP contribution in [0.25, 0.3) is 0 Å². The lowest BCUT2D eigenvalue weighted by Gasteiger charge is -2.14. The zero-order valence-corrected chi connectivity index (χ0v) is 12.4. The Kier molecular flexibility index (Phi) is 4.72. The number of nitrogens with zero attached hydrogens (tertiary/aromatic N) is 2. The summed E-state index contributed by atoms with van der Waals surface area (Å²) in [4.78, 5) is 17.3. The molecule has 0 aliphatic rings.